The molecule has 2 fully saturated rings. The maximum atomic E-state index is 12.8. The SMILES string of the molecule is O=C([C@H]1CCCO1)N1CCOc2ccc(CN3CCN(c4ccccc4)CC3)cc2C1. The number of hydrogen-bond acceptors (Lipinski definition) is 5. The second kappa shape index (κ2) is 9.28. The monoisotopic (exact) mass is 421 g/mol. The lowest BCUT2D eigenvalue weighted by Crippen LogP contribution is -2.45. The number of para-hydroxylation sites is 1. The molecule has 0 bridgehead atoms. The van der Waals surface area contributed by atoms with Crippen molar-refractivity contribution in [2.24, 2.45) is 0 Å². The summed E-state index contributed by atoms with van der Waals surface area (Å²) in [5, 5.41) is 0. The highest BCUT2D eigenvalue weighted by Crippen LogP contribution is 2.27. The molecule has 0 saturated carbocycles. The van der Waals surface area contributed by atoms with Gasteiger partial charge in [-0.15, -0.1) is 0 Å². The summed E-state index contributed by atoms with van der Waals surface area (Å²) in [6, 6.07) is 17.1. The molecule has 3 aliphatic rings. The van der Waals surface area contributed by atoms with E-state index in [2.05, 4.69) is 58.3 Å². The molecule has 31 heavy (non-hydrogen) atoms. The predicted octanol–water partition coefficient (Wildman–Crippen LogP) is 2.91. The second-order valence-electron chi connectivity index (χ2n) is 8.65. The number of carbonyl (C=O) groups excluding carboxylic acids is 1. The van der Waals surface area contributed by atoms with Gasteiger partial charge in [-0.25, -0.2) is 0 Å². The van der Waals surface area contributed by atoms with Crippen molar-refractivity contribution in [2.75, 3.05) is 50.8 Å². The maximum absolute atomic E-state index is 12.8. The molecule has 0 aromatic heterocycles. The molecule has 2 saturated heterocycles. The fraction of sp³-hybridized carbons (Fsp3) is 0.480. The zero-order valence-corrected chi connectivity index (χ0v) is 18.0. The Morgan fingerprint density at radius 2 is 1.81 bits per heavy atom. The van der Waals surface area contributed by atoms with E-state index in [9.17, 15) is 4.79 Å². The summed E-state index contributed by atoms with van der Waals surface area (Å²) < 4.78 is 11.6. The van der Waals surface area contributed by atoms with E-state index in [-0.39, 0.29) is 12.0 Å². The van der Waals surface area contributed by atoms with E-state index in [0.717, 1.165) is 56.9 Å². The summed E-state index contributed by atoms with van der Waals surface area (Å²) in [6.07, 6.45) is 1.53. The van der Waals surface area contributed by atoms with Crippen LogP contribution >= 0.6 is 0 Å². The first-order chi connectivity index (χ1) is 15.3. The largest absolute Gasteiger partial charge is 0.491 e. The lowest BCUT2D eigenvalue weighted by molar-refractivity contribution is -0.141. The number of anilines is 1. The lowest BCUT2D eigenvalue weighted by atomic mass is 10.1. The molecule has 2 aromatic rings. The summed E-state index contributed by atoms with van der Waals surface area (Å²) >= 11 is 0. The van der Waals surface area contributed by atoms with Gasteiger partial charge in [-0.1, -0.05) is 24.3 Å². The van der Waals surface area contributed by atoms with Crippen LogP contribution in [0.1, 0.15) is 24.0 Å². The summed E-state index contributed by atoms with van der Waals surface area (Å²) in [4.78, 5) is 19.7. The smallest absolute Gasteiger partial charge is 0.252 e. The summed E-state index contributed by atoms with van der Waals surface area (Å²) in [6.45, 7) is 7.55. The first-order valence-electron chi connectivity index (χ1n) is 11.4. The number of benzene rings is 2. The van der Waals surface area contributed by atoms with Gasteiger partial charge in [0.15, 0.2) is 0 Å². The first kappa shape index (κ1) is 20.3. The van der Waals surface area contributed by atoms with Gasteiger partial charge in [-0.3, -0.25) is 9.69 Å². The zero-order chi connectivity index (χ0) is 21.0. The Balaban J connectivity index is 1.21. The van der Waals surface area contributed by atoms with Gasteiger partial charge in [0.05, 0.1) is 6.54 Å². The predicted molar refractivity (Wildman–Crippen MR) is 120 cm³/mol. The van der Waals surface area contributed by atoms with Gasteiger partial charge in [0.2, 0.25) is 0 Å². The van der Waals surface area contributed by atoms with Crippen molar-refractivity contribution >= 4 is 11.6 Å². The third-order valence-electron chi connectivity index (χ3n) is 6.52. The van der Waals surface area contributed by atoms with Gasteiger partial charge < -0.3 is 19.3 Å². The molecule has 3 heterocycles. The quantitative estimate of drug-likeness (QED) is 0.760. The van der Waals surface area contributed by atoms with E-state index < -0.39 is 0 Å². The molecule has 0 radical (unpaired) electrons. The number of nitrogens with zero attached hydrogens (tertiary/aromatic N) is 3. The van der Waals surface area contributed by atoms with Gasteiger partial charge in [-0.2, -0.15) is 0 Å². The third kappa shape index (κ3) is 4.70. The van der Waals surface area contributed by atoms with Crippen LogP contribution in [0.2, 0.25) is 0 Å². The summed E-state index contributed by atoms with van der Waals surface area (Å²) in [7, 11) is 0. The van der Waals surface area contributed by atoms with E-state index in [1.54, 1.807) is 0 Å². The minimum Gasteiger partial charge on any atom is -0.491 e. The van der Waals surface area contributed by atoms with Crippen molar-refractivity contribution in [2.45, 2.75) is 32.0 Å². The van der Waals surface area contributed by atoms with Crippen LogP contribution in [0, 0.1) is 0 Å². The molecule has 164 valence electrons. The Hall–Kier alpha value is -2.57. The van der Waals surface area contributed by atoms with Gasteiger partial charge in [-0.05, 0) is 42.7 Å². The molecule has 0 N–H and O–H groups in total. The number of fused-ring (bicyclic) bond motifs is 1. The van der Waals surface area contributed by atoms with Crippen LogP contribution in [0.15, 0.2) is 48.5 Å². The molecule has 0 aliphatic carbocycles. The van der Waals surface area contributed by atoms with Gasteiger partial charge in [0.1, 0.15) is 18.5 Å². The van der Waals surface area contributed by atoms with Crippen molar-refractivity contribution in [1.82, 2.24) is 9.80 Å². The van der Waals surface area contributed by atoms with Crippen LogP contribution in [-0.4, -0.2) is 67.7 Å². The molecule has 1 atom stereocenters. The normalized spacial score (nSPS) is 22.0. The van der Waals surface area contributed by atoms with Crippen LogP contribution in [0.3, 0.4) is 0 Å². The molecule has 5 rings (SSSR count). The van der Waals surface area contributed by atoms with Crippen LogP contribution in [0.4, 0.5) is 5.69 Å². The highest BCUT2D eigenvalue weighted by atomic mass is 16.5. The van der Waals surface area contributed by atoms with Crippen molar-refractivity contribution in [3.05, 3.63) is 59.7 Å². The average molecular weight is 422 g/mol. The minimum absolute atomic E-state index is 0.108. The van der Waals surface area contributed by atoms with Crippen molar-refractivity contribution in [1.29, 1.82) is 0 Å². The van der Waals surface area contributed by atoms with Crippen molar-refractivity contribution in [3.8, 4) is 5.75 Å². The Bertz CT molecular complexity index is 890. The van der Waals surface area contributed by atoms with Gasteiger partial charge in [0, 0.05) is 57.1 Å². The maximum Gasteiger partial charge on any atom is 0.252 e. The second-order valence-corrected chi connectivity index (χ2v) is 8.65. The number of piperazine rings is 1. The minimum atomic E-state index is -0.273. The van der Waals surface area contributed by atoms with Crippen molar-refractivity contribution in [3.63, 3.8) is 0 Å². The molecule has 1 amide bonds. The van der Waals surface area contributed by atoms with E-state index >= 15 is 0 Å². The van der Waals surface area contributed by atoms with Gasteiger partial charge in [0.25, 0.3) is 5.91 Å². The van der Waals surface area contributed by atoms with E-state index in [4.69, 9.17) is 9.47 Å². The number of amides is 1. The number of carbonyl (C=O) groups is 1. The fourth-order valence-electron chi connectivity index (χ4n) is 4.77. The summed E-state index contributed by atoms with van der Waals surface area (Å²) in [5.41, 5.74) is 3.69. The molecule has 3 aliphatic heterocycles. The Morgan fingerprint density at radius 3 is 2.58 bits per heavy atom. The highest BCUT2D eigenvalue weighted by Gasteiger charge is 2.30. The fourth-order valence-corrected chi connectivity index (χ4v) is 4.77. The molecular weight excluding hydrogens is 390 g/mol. The van der Waals surface area contributed by atoms with Crippen LogP contribution in [-0.2, 0) is 22.6 Å². The first-order valence-corrected chi connectivity index (χ1v) is 11.4. The topological polar surface area (TPSA) is 45.2 Å². The summed E-state index contributed by atoms with van der Waals surface area (Å²) in [5.74, 6) is 1.01. The van der Waals surface area contributed by atoms with Crippen LogP contribution in [0.25, 0.3) is 0 Å². The highest BCUT2D eigenvalue weighted by molar-refractivity contribution is 5.81. The number of ether oxygens (including phenoxy) is 2. The number of rotatable bonds is 4. The standard InChI is InChI=1S/C25H31N3O3/c29-25(24-7-4-15-30-24)28-14-16-31-23-9-8-20(17-21(23)19-28)18-26-10-12-27(13-11-26)22-5-2-1-3-6-22/h1-3,5-6,8-9,17,24H,4,7,10-16,18-19H2/t24-/m1/s1. The van der Waals surface area contributed by atoms with Crippen LogP contribution in [0.5, 0.6) is 5.75 Å². The lowest BCUT2D eigenvalue weighted by Gasteiger charge is -2.36. The average Bonchev–Trinajstić information content (AvgIpc) is 3.27. The molecular formula is C25H31N3O3. The van der Waals surface area contributed by atoms with Crippen LogP contribution < -0.4 is 9.64 Å². The van der Waals surface area contributed by atoms with E-state index in [1.807, 2.05) is 4.90 Å². The van der Waals surface area contributed by atoms with E-state index in [1.165, 1.54) is 11.3 Å². The Kier molecular flexibility index (Phi) is 6.09. The molecule has 6 nitrogen and oxygen atoms in total. The zero-order valence-electron chi connectivity index (χ0n) is 18.0. The molecule has 0 unspecified atom stereocenters. The van der Waals surface area contributed by atoms with Gasteiger partial charge >= 0.3 is 0 Å². The number of hydrogen-bond donors (Lipinski definition) is 0. The Morgan fingerprint density at radius 1 is 0.968 bits per heavy atom. The Labute approximate surface area is 184 Å². The molecule has 6 heteroatoms. The van der Waals surface area contributed by atoms with E-state index in [0.29, 0.717) is 26.3 Å². The third-order valence-corrected chi connectivity index (χ3v) is 6.52. The molecule has 2 aromatic carbocycles. The van der Waals surface area contributed by atoms with Crippen molar-refractivity contribution < 1.29 is 14.3 Å². The molecule has 0 spiro atoms.